The zero-order valence-corrected chi connectivity index (χ0v) is 20.0. The normalized spacial score (nSPS) is 15.1. The molecule has 1 unspecified atom stereocenters. The summed E-state index contributed by atoms with van der Waals surface area (Å²) in [5.41, 5.74) is 8.81. The van der Waals surface area contributed by atoms with Gasteiger partial charge in [0.05, 0.1) is 12.2 Å². The number of halogens is 1. The van der Waals surface area contributed by atoms with Gasteiger partial charge in [0, 0.05) is 35.9 Å². The summed E-state index contributed by atoms with van der Waals surface area (Å²) < 4.78 is 5.69. The Morgan fingerprint density at radius 3 is 2.85 bits per heavy atom. The van der Waals surface area contributed by atoms with Gasteiger partial charge in [0.25, 0.3) is 5.91 Å². The van der Waals surface area contributed by atoms with Crippen molar-refractivity contribution in [1.82, 2.24) is 10.3 Å². The molecule has 0 spiro atoms. The zero-order chi connectivity index (χ0) is 22.5. The van der Waals surface area contributed by atoms with Crippen molar-refractivity contribution < 1.29 is 14.3 Å². The van der Waals surface area contributed by atoms with Gasteiger partial charge in [-0.05, 0) is 49.6 Å². The molecule has 3 N–H and O–H groups in total. The number of carbonyl (C=O) groups is 2. The van der Waals surface area contributed by atoms with Crippen molar-refractivity contribution in [3.63, 3.8) is 0 Å². The number of ether oxygens (including phenoxy) is 1. The fourth-order valence-corrected chi connectivity index (χ4v) is 4.62. The molecule has 33 heavy (non-hydrogen) atoms. The molecule has 1 fully saturated rings. The van der Waals surface area contributed by atoms with Gasteiger partial charge in [-0.15, -0.1) is 23.7 Å². The number of nitrogens with two attached hydrogens (primary N) is 1. The van der Waals surface area contributed by atoms with E-state index in [1.807, 2.05) is 47.5 Å². The van der Waals surface area contributed by atoms with E-state index in [0.717, 1.165) is 41.2 Å². The van der Waals surface area contributed by atoms with E-state index in [0.29, 0.717) is 24.5 Å². The summed E-state index contributed by atoms with van der Waals surface area (Å²) >= 11 is 1.58. The molecule has 1 aromatic heterocycles. The van der Waals surface area contributed by atoms with Gasteiger partial charge >= 0.3 is 0 Å². The zero-order valence-electron chi connectivity index (χ0n) is 18.3. The summed E-state index contributed by atoms with van der Waals surface area (Å²) in [6, 6.07) is 13.1. The summed E-state index contributed by atoms with van der Waals surface area (Å²) in [4.78, 5) is 31.2. The van der Waals surface area contributed by atoms with Crippen LogP contribution in [0.3, 0.4) is 0 Å². The Bertz CT molecular complexity index is 1110. The molecule has 2 amide bonds. The SMILES string of the molecule is CCOc1ccc(N2CCCC2C(N)=O)cc1C(=O)NCc1cccc(-c2nccs2)c1.Cl. The van der Waals surface area contributed by atoms with Crippen molar-refractivity contribution in [3.05, 3.63) is 65.2 Å². The Hall–Kier alpha value is -3.10. The maximum absolute atomic E-state index is 13.1. The predicted molar refractivity (Wildman–Crippen MR) is 133 cm³/mol. The van der Waals surface area contributed by atoms with Crippen LogP contribution in [0.1, 0.15) is 35.7 Å². The minimum atomic E-state index is -0.350. The Balaban J connectivity index is 0.00000306. The fourth-order valence-electron chi connectivity index (χ4n) is 3.98. The number of primary amides is 1. The molecule has 3 aromatic rings. The Kier molecular flexibility index (Phi) is 8.30. The average Bonchev–Trinajstić information content (AvgIpc) is 3.50. The first-order valence-electron chi connectivity index (χ1n) is 10.7. The molecule has 0 radical (unpaired) electrons. The van der Waals surface area contributed by atoms with Crippen molar-refractivity contribution >= 4 is 41.2 Å². The molecule has 0 bridgehead atoms. The van der Waals surface area contributed by atoms with E-state index < -0.39 is 0 Å². The second-order valence-electron chi connectivity index (χ2n) is 7.59. The molecule has 1 saturated heterocycles. The standard InChI is InChI=1S/C24H26N4O3S.ClH/c1-2-31-21-9-8-18(28-11-4-7-20(28)22(25)29)14-19(21)23(30)27-15-16-5-3-6-17(13-16)24-26-10-12-32-24;/h3,5-6,8-10,12-14,20H,2,4,7,11,15H2,1H3,(H2,25,29)(H,27,30);1H. The van der Waals surface area contributed by atoms with Gasteiger partial charge < -0.3 is 20.7 Å². The maximum atomic E-state index is 13.1. The molecule has 0 aliphatic carbocycles. The number of nitrogens with one attached hydrogen (secondary N) is 1. The minimum Gasteiger partial charge on any atom is -0.493 e. The van der Waals surface area contributed by atoms with E-state index in [9.17, 15) is 9.59 Å². The average molecular weight is 487 g/mol. The third-order valence-electron chi connectivity index (χ3n) is 5.48. The molecule has 0 saturated carbocycles. The van der Waals surface area contributed by atoms with Crippen molar-refractivity contribution in [2.24, 2.45) is 5.73 Å². The number of rotatable bonds is 8. The highest BCUT2D eigenvalue weighted by Crippen LogP contribution is 2.30. The summed E-state index contributed by atoms with van der Waals surface area (Å²) in [6.07, 6.45) is 3.39. The van der Waals surface area contributed by atoms with E-state index >= 15 is 0 Å². The van der Waals surface area contributed by atoms with Crippen LogP contribution in [0.5, 0.6) is 5.75 Å². The Morgan fingerprint density at radius 1 is 1.27 bits per heavy atom. The van der Waals surface area contributed by atoms with Crippen LogP contribution in [0.25, 0.3) is 10.6 Å². The lowest BCUT2D eigenvalue weighted by molar-refractivity contribution is -0.119. The van der Waals surface area contributed by atoms with E-state index in [4.69, 9.17) is 10.5 Å². The molecule has 2 aromatic carbocycles. The molecule has 1 atom stereocenters. The largest absolute Gasteiger partial charge is 0.493 e. The molecular weight excluding hydrogens is 460 g/mol. The molecule has 2 heterocycles. The topological polar surface area (TPSA) is 97.5 Å². The summed E-state index contributed by atoms with van der Waals surface area (Å²) in [7, 11) is 0. The first-order valence-corrected chi connectivity index (χ1v) is 11.5. The third kappa shape index (κ3) is 5.64. The number of aromatic nitrogens is 1. The molecular formula is C24H27ClN4O3S. The van der Waals surface area contributed by atoms with Crippen LogP contribution < -0.4 is 20.7 Å². The first kappa shape index (κ1) is 24.5. The van der Waals surface area contributed by atoms with Crippen molar-refractivity contribution in [2.75, 3.05) is 18.1 Å². The van der Waals surface area contributed by atoms with Crippen LogP contribution in [0.2, 0.25) is 0 Å². The maximum Gasteiger partial charge on any atom is 0.255 e. The second-order valence-corrected chi connectivity index (χ2v) is 8.48. The van der Waals surface area contributed by atoms with E-state index in [2.05, 4.69) is 10.3 Å². The van der Waals surface area contributed by atoms with Gasteiger partial charge in [0.15, 0.2) is 0 Å². The lowest BCUT2D eigenvalue weighted by Gasteiger charge is -2.25. The summed E-state index contributed by atoms with van der Waals surface area (Å²) in [5, 5.41) is 5.88. The van der Waals surface area contributed by atoms with Gasteiger partial charge in [-0.1, -0.05) is 18.2 Å². The number of benzene rings is 2. The van der Waals surface area contributed by atoms with Crippen molar-refractivity contribution in [3.8, 4) is 16.3 Å². The van der Waals surface area contributed by atoms with Gasteiger partial charge in [-0.3, -0.25) is 9.59 Å². The molecule has 4 rings (SSSR count). The van der Waals surface area contributed by atoms with Crippen LogP contribution in [0, 0.1) is 0 Å². The lowest BCUT2D eigenvalue weighted by Crippen LogP contribution is -2.40. The van der Waals surface area contributed by atoms with Gasteiger partial charge in [0.1, 0.15) is 16.8 Å². The van der Waals surface area contributed by atoms with Gasteiger partial charge in [-0.25, -0.2) is 4.98 Å². The number of hydrogen-bond acceptors (Lipinski definition) is 6. The van der Waals surface area contributed by atoms with Gasteiger partial charge in [0.2, 0.25) is 5.91 Å². The number of anilines is 1. The van der Waals surface area contributed by atoms with Crippen LogP contribution in [-0.2, 0) is 11.3 Å². The first-order chi connectivity index (χ1) is 15.6. The van der Waals surface area contributed by atoms with Crippen LogP contribution in [-0.4, -0.2) is 36.0 Å². The smallest absolute Gasteiger partial charge is 0.255 e. The quantitative estimate of drug-likeness (QED) is 0.501. The lowest BCUT2D eigenvalue weighted by atomic mass is 10.1. The highest BCUT2D eigenvalue weighted by Gasteiger charge is 2.30. The highest BCUT2D eigenvalue weighted by atomic mass is 35.5. The number of hydrogen-bond donors (Lipinski definition) is 2. The molecule has 7 nitrogen and oxygen atoms in total. The molecule has 1 aliphatic heterocycles. The van der Waals surface area contributed by atoms with E-state index in [-0.39, 0.29) is 30.3 Å². The van der Waals surface area contributed by atoms with Crippen LogP contribution >= 0.6 is 23.7 Å². The monoisotopic (exact) mass is 486 g/mol. The summed E-state index contributed by atoms with van der Waals surface area (Å²) in [6.45, 7) is 3.43. The number of thiazole rings is 1. The minimum absolute atomic E-state index is 0. The summed E-state index contributed by atoms with van der Waals surface area (Å²) in [5.74, 6) is -0.0626. The van der Waals surface area contributed by atoms with E-state index in [1.54, 1.807) is 29.7 Å². The fraction of sp³-hybridized carbons (Fsp3) is 0.292. The highest BCUT2D eigenvalue weighted by molar-refractivity contribution is 7.13. The molecule has 1 aliphatic rings. The van der Waals surface area contributed by atoms with Crippen molar-refractivity contribution in [1.29, 1.82) is 0 Å². The number of amides is 2. The van der Waals surface area contributed by atoms with Crippen LogP contribution in [0.4, 0.5) is 5.69 Å². The predicted octanol–water partition coefficient (Wildman–Crippen LogP) is 4.01. The number of carbonyl (C=O) groups excluding carboxylic acids is 2. The Labute approximate surface area is 203 Å². The Morgan fingerprint density at radius 2 is 2.12 bits per heavy atom. The second kappa shape index (κ2) is 11.2. The van der Waals surface area contributed by atoms with Gasteiger partial charge in [-0.2, -0.15) is 0 Å². The van der Waals surface area contributed by atoms with Crippen molar-refractivity contribution in [2.45, 2.75) is 32.4 Å². The number of nitrogens with zero attached hydrogens (tertiary/aromatic N) is 2. The third-order valence-corrected chi connectivity index (χ3v) is 6.30. The molecule has 9 heteroatoms. The van der Waals surface area contributed by atoms with Crippen LogP contribution in [0.15, 0.2) is 54.0 Å². The molecule has 174 valence electrons. The van der Waals surface area contributed by atoms with E-state index in [1.165, 1.54) is 0 Å².